The number of ether oxygens (including phenoxy) is 1. The van der Waals surface area contributed by atoms with Crippen molar-refractivity contribution >= 4 is 11.7 Å². The summed E-state index contributed by atoms with van der Waals surface area (Å²) in [4.78, 5) is 16.8. The third kappa shape index (κ3) is 1.36. The van der Waals surface area contributed by atoms with Crippen LogP contribution >= 0.6 is 0 Å². The molecule has 1 aromatic carbocycles. The Morgan fingerprint density at radius 1 is 1.35 bits per heavy atom. The van der Waals surface area contributed by atoms with Gasteiger partial charge in [-0.2, -0.15) is 0 Å². The Labute approximate surface area is 97.6 Å². The molecule has 17 heavy (non-hydrogen) atoms. The molecule has 1 spiro atoms. The molecule has 0 bridgehead atoms. The van der Waals surface area contributed by atoms with Crippen molar-refractivity contribution in [2.24, 2.45) is 5.16 Å². The predicted octanol–water partition coefficient (Wildman–Crippen LogP) is 0.467. The van der Waals surface area contributed by atoms with E-state index in [0.717, 1.165) is 5.56 Å². The van der Waals surface area contributed by atoms with Crippen molar-refractivity contribution in [1.29, 1.82) is 0 Å². The normalized spacial score (nSPS) is 31.2. The van der Waals surface area contributed by atoms with Crippen molar-refractivity contribution < 1.29 is 19.5 Å². The van der Waals surface area contributed by atoms with Gasteiger partial charge in [0, 0.05) is 12.0 Å². The molecule has 0 aromatic heterocycles. The molecule has 2 aliphatic heterocycles. The summed E-state index contributed by atoms with van der Waals surface area (Å²) in [5.41, 5.74) is -0.202. The molecular formula is C12H11NO4. The number of cyclic esters (lactones) is 1. The highest BCUT2D eigenvalue weighted by Gasteiger charge is 2.59. The van der Waals surface area contributed by atoms with Crippen molar-refractivity contribution in [2.75, 3.05) is 6.61 Å². The average Bonchev–Trinajstić information content (AvgIpc) is 2.88. The molecule has 88 valence electrons. The second-order valence-electron chi connectivity index (χ2n) is 4.11. The maximum Gasteiger partial charge on any atom is 0.356 e. The summed E-state index contributed by atoms with van der Waals surface area (Å²) in [6, 6.07) is 9.16. The minimum Gasteiger partial charge on any atom is -0.462 e. The molecule has 2 unspecified atom stereocenters. The first-order valence-corrected chi connectivity index (χ1v) is 5.41. The van der Waals surface area contributed by atoms with Crippen LogP contribution in [0.3, 0.4) is 0 Å². The predicted molar refractivity (Wildman–Crippen MR) is 58.4 cm³/mol. The second-order valence-corrected chi connectivity index (χ2v) is 4.11. The molecule has 2 heterocycles. The number of carbonyl (C=O) groups excluding carboxylic acids is 1. The summed E-state index contributed by atoms with van der Waals surface area (Å²) in [5.74, 6) is -0.542. The Hall–Kier alpha value is -1.88. The molecule has 1 saturated heterocycles. The second kappa shape index (κ2) is 3.56. The zero-order valence-electron chi connectivity index (χ0n) is 9.00. The highest BCUT2D eigenvalue weighted by atomic mass is 16.7. The SMILES string of the molecule is O=C1OCCC12ON=C(c1ccccc1)C2O. The van der Waals surface area contributed by atoms with Gasteiger partial charge in [0.05, 0.1) is 6.61 Å². The summed E-state index contributed by atoms with van der Waals surface area (Å²) in [6.07, 6.45) is -0.743. The minimum atomic E-state index is -1.33. The standard InChI is InChI=1S/C12H11NO4/c14-10-9(8-4-2-1-3-5-8)13-17-12(10)6-7-16-11(12)15/h1-5,10,14H,6-7H2. The Balaban J connectivity index is 1.94. The molecule has 2 atom stereocenters. The number of hydrogen-bond acceptors (Lipinski definition) is 5. The molecule has 3 rings (SSSR count). The van der Waals surface area contributed by atoms with Crippen LogP contribution in [0.1, 0.15) is 12.0 Å². The van der Waals surface area contributed by atoms with Crippen LogP contribution in [0.2, 0.25) is 0 Å². The number of benzene rings is 1. The highest BCUT2D eigenvalue weighted by molar-refractivity contribution is 6.08. The number of nitrogens with zero attached hydrogens (tertiary/aromatic N) is 1. The van der Waals surface area contributed by atoms with Crippen molar-refractivity contribution in [2.45, 2.75) is 18.1 Å². The molecule has 1 fully saturated rings. The van der Waals surface area contributed by atoms with Gasteiger partial charge in [-0.3, -0.25) is 0 Å². The van der Waals surface area contributed by atoms with Crippen LogP contribution in [0.5, 0.6) is 0 Å². The topological polar surface area (TPSA) is 68.1 Å². The summed E-state index contributed by atoms with van der Waals surface area (Å²) >= 11 is 0. The van der Waals surface area contributed by atoms with E-state index in [-0.39, 0.29) is 6.61 Å². The molecule has 5 nitrogen and oxygen atoms in total. The fraction of sp³-hybridized carbons (Fsp3) is 0.333. The van der Waals surface area contributed by atoms with Gasteiger partial charge < -0.3 is 14.7 Å². The van der Waals surface area contributed by atoms with Gasteiger partial charge in [-0.15, -0.1) is 0 Å². The van der Waals surface area contributed by atoms with E-state index in [4.69, 9.17) is 9.57 Å². The van der Waals surface area contributed by atoms with Gasteiger partial charge in [0.2, 0.25) is 0 Å². The van der Waals surface area contributed by atoms with Gasteiger partial charge in [-0.1, -0.05) is 35.5 Å². The number of hydrogen-bond donors (Lipinski definition) is 1. The van der Waals surface area contributed by atoms with Gasteiger partial charge in [0.15, 0.2) is 6.10 Å². The lowest BCUT2D eigenvalue weighted by Gasteiger charge is -2.20. The number of carbonyl (C=O) groups is 1. The molecule has 2 aliphatic rings. The van der Waals surface area contributed by atoms with E-state index in [0.29, 0.717) is 12.1 Å². The Morgan fingerprint density at radius 2 is 2.12 bits per heavy atom. The first-order valence-electron chi connectivity index (χ1n) is 5.41. The number of aliphatic hydroxyl groups is 1. The fourth-order valence-electron chi connectivity index (χ4n) is 2.12. The van der Waals surface area contributed by atoms with E-state index in [9.17, 15) is 9.90 Å². The summed E-state index contributed by atoms with van der Waals surface area (Å²) in [5, 5.41) is 14.0. The molecular weight excluding hydrogens is 222 g/mol. The first-order chi connectivity index (χ1) is 8.24. The van der Waals surface area contributed by atoms with Gasteiger partial charge in [0.25, 0.3) is 5.60 Å². The largest absolute Gasteiger partial charge is 0.462 e. The number of esters is 1. The highest BCUT2D eigenvalue weighted by Crippen LogP contribution is 2.35. The summed E-state index contributed by atoms with van der Waals surface area (Å²) in [6.45, 7) is 0.257. The van der Waals surface area contributed by atoms with Crippen LogP contribution in [-0.2, 0) is 14.4 Å². The first kappa shape index (κ1) is 10.3. The van der Waals surface area contributed by atoms with Gasteiger partial charge in [-0.25, -0.2) is 4.79 Å². The zero-order valence-corrected chi connectivity index (χ0v) is 9.00. The lowest BCUT2D eigenvalue weighted by Crippen LogP contribution is -2.47. The van der Waals surface area contributed by atoms with Crippen LogP contribution in [0.15, 0.2) is 35.5 Å². The average molecular weight is 233 g/mol. The maximum atomic E-state index is 11.6. The van der Waals surface area contributed by atoms with E-state index in [1.54, 1.807) is 0 Å². The Morgan fingerprint density at radius 3 is 2.76 bits per heavy atom. The lowest BCUT2D eigenvalue weighted by atomic mass is 9.90. The smallest absolute Gasteiger partial charge is 0.356 e. The van der Waals surface area contributed by atoms with Crippen LogP contribution in [0, 0.1) is 0 Å². The van der Waals surface area contributed by atoms with Crippen molar-refractivity contribution in [1.82, 2.24) is 0 Å². The molecule has 0 saturated carbocycles. The molecule has 1 N–H and O–H groups in total. The van der Waals surface area contributed by atoms with Crippen LogP contribution < -0.4 is 0 Å². The van der Waals surface area contributed by atoms with Crippen molar-refractivity contribution in [3.63, 3.8) is 0 Å². The minimum absolute atomic E-state index is 0.257. The van der Waals surface area contributed by atoms with E-state index < -0.39 is 17.7 Å². The van der Waals surface area contributed by atoms with Gasteiger partial charge in [-0.05, 0) is 0 Å². The van der Waals surface area contributed by atoms with Crippen LogP contribution in [-0.4, -0.2) is 35.1 Å². The summed E-state index contributed by atoms with van der Waals surface area (Å²) in [7, 11) is 0. The maximum absolute atomic E-state index is 11.6. The number of oxime groups is 1. The van der Waals surface area contributed by atoms with E-state index in [1.165, 1.54) is 0 Å². The molecule has 0 amide bonds. The molecule has 5 heteroatoms. The monoisotopic (exact) mass is 233 g/mol. The lowest BCUT2D eigenvalue weighted by molar-refractivity contribution is -0.162. The van der Waals surface area contributed by atoms with Crippen molar-refractivity contribution in [3.05, 3.63) is 35.9 Å². The van der Waals surface area contributed by atoms with E-state index in [2.05, 4.69) is 5.16 Å². The quantitative estimate of drug-likeness (QED) is 0.716. The van der Waals surface area contributed by atoms with Crippen LogP contribution in [0.25, 0.3) is 0 Å². The van der Waals surface area contributed by atoms with E-state index >= 15 is 0 Å². The molecule has 0 radical (unpaired) electrons. The molecule has 1 aromatic rings. The third-order valence-electron chi connectivity index (χ3n) is 3.13. The Kier molecular flexibility index (Phi) is 2.16. The summed E-state index contributed by atoms with van der Waals surface area (Å²) < 4.78 is 4.85. The number of rotatable bonds is 1. The number of aliphatic hydroxyl groups excluding tert-OH is 1. The van der Waals surface area contributed by atoms with Crippen LogP contribution in [0.4, 0.5) is 0 Å². The zero-order chi connectivity index (χ0) is 11.9. The van der Waals surface area contributed by atoms with E-state index in [1.807, 2.05) is 30.3 Å². The Bertz CT molecular complexity index is 485. The third-order valence-corrected chi connectivity index (χ3v) is 3.13. The van der Waals surface area contributed by atoms with Gasteiger partial charge >= 0.3 is 5.97 Å². The van der Waals surface area contributed by atoms with Crippen molar-refractivity contribution in [3.8, 4) is 0 Å². The van der Waals surface area contributed by atoms with Gasteiger partial charge in [0.1, 0.15) is 5.71 Å². The fourth-order valence-corrected chi connectivity index (χ4v) is 2.12. The molecule has 0 aliphatic carbocycles.